The lowest BCUT2D eigenvalue weighted by Gasteiger charge is -2.24. The molecule has 0 saturated carbocycles. The standard InChI is InChI=1S/C28H28N4O5S/c1-28(2,3)37-27(36)31(4)25(33)21-10-5-6-11-24(21)38-19-13-14-20-22(15-12-18-9-7-8-16-29-18)30-32(26(34)35)23(20)17-19/h5-11,13-17,30H,12H2,1-4H3,(H,34,35). The molecule has 196 valence electrons. The lowest BCUT2D eigenvalue weighted by atomic mass is 10.1. The first-order valence-electron chi connectivity index (χ1n) is 11.9. The van der Waals surface area contributed by atoms with Gasteiger partial charge in [-0.15, -0.1) is 0 Å². The lowest BCUT2D eigenvalue weighted by Crippen LogP contribution is -2.38. The van der Waals surface area contributed by atoms with Gasteiger partial charge in [-0.1, -0.05) is 36.0 Å². The van der Waals surface area contributed by atoms with Crippen molar-refractivity contribution in [1.29, 1.82) is 0 Å². The second kappa shape index (κ2) is 11.0. The Morgan fingerprint density at radius 1 is 1.11 bits per heavy atom. The van der Waals surface area contributed by atoms with E-state index in [1.165, 1.54) is 18.8 Å². The second-order valence-electron chi connectivity index (χ2n) is 9.49. The summed E-state index contributed by atoms with van der Waals surface area (Å²) in [6, 6.07) is 18.0. The average Bonchev–Trinajstić information content (AvgIpc) is 3.25. The van der Waals surface area contributed by atoms with E-state index >= 15 is 0 Å². The van der Waals surface area contributed by atoms with Crippen molar-refractivity contribution in [3.05, 3.63) is 89.8 Å². The SMILES string of the molecule is CN(C(=O)OC(C)(C)C)C(=O)c1ccccc1Sc1ccc2c(c1)N(C(=O)O)NC2=CCc1ccccn1. The molecule has 0 radical (unpaired) electrons. The molecule has 2 heterocycles. The van der Waals surface area contributed by atoms with Crippen LogP contribution >= 0.6 is 11.8 Å². The third kappa shape index (κ3) is 6.15. The molecule has 38 heavy (non-hydrogen) atoms. The normalized spacial score (nSPS) is 13.6. The van der Waals surface area contributed by atoms with Crippen LogP contribution in [0.15, 0.2) is 82.7 Å². The molecule has 0 spiro atoms. The first-order chi connectivity index (χ1) is 18.0. The molecule has 1 aromatic heterocycles. The van der Waals surface area contributed by atoms with Crippen LogP contribution in [-0.2, 0) is 11.2 Å². The van der Waals surface area contributed by atoms with E-state index < -0.39 is 23.7 Å². The Balaban J connectivity index is 1.59. The zero-order valence-corrected chi connectivity index (χ0v) is 22.3. The van der Waals surface area contributed by atoms with Crippen molar-refractivity contribution in [1.82, 2.24) is 15.3 Å². The van der Waals surface area contributed by atoms with Gasteiger partial charge in [-0.25, -0.2) is 14.5 Å². The van der Waals surface area contributed by atoms with Gasteiger partial charge in [0.25, 0.3) is 5.91 Å². The second-order valence-corrected chi connectivity index (χ2v) is 10.6. The van der Waals surface area contributed by atoms with E-state index in [9.17, 15) is 19.5 Å². The molecular formula is C28H28N4O5S. The van der Waals surface area contributed by atoms with E-state index in [4.69, 9.17) is 4.74 Å². The predicted molar refractivity (Wildman–Crippen MR) is 145 cm³/mol. The molecule has 0 saturated heterocycles. The number of nitrogens with one attached hydrogen (secondary N) is 1. The van der Waals surface area contributed by atoms with Crippen LogP contribution < -0.4 is 10.4 Å². The van der Waals surface area contributed by atoms with Gasteiger partial charge in [0, 0.05) is 40.7 Å². The topological polar surface area (TPSA) is 112 Å². The number of carbonyl (C=O) groups excluding carboxylic acids is 2. The Kier molecular flexibility index (Phi) is 7.72. The minimum absolute atomic E-state index is 0.329. The predicted octanol–water partition coefficient (Wildman–Crippen LogP) is 5.83. The molecule has 3 amide bonds. The van der Waals surface area contributed by atoms with Crippen LogP contribution in [0.3, 0.4) is 0 Å². The van der Waals surface area contributed by atoms with Crippen LogP contribution in [0.5, 0.6) is 0 Å². The van der Waals surface area contributed by atoms with E-state index in [0.29, 0.717) is 28.3 Å². The quantitative estimate of drug-likeness (QED) is 0.422. The molecule has 0 unspecified atom stereocenters. The molecule has 0 aliphatic carbocycles. The first kappa shape index (κ1) is 26.7. The summed E-state index contributed by atoms with van der Waals surface area (Å²) in [7, 11) is 1.38. The number of pyridine rings is 1. The number of allylic oxidation sites excluding steroid dienone is 1. The number of hydrogen-bond acceptors (Lipinski definition) is 7. The smallest absolute Gasteiger partial charge is 0.430 e. The number of aromatic nitrogens is 1. The van der Waals surface area contributed by atoms with Crippen molar-refractivity contribution in [2.45, 2.75) is 42.6 Å². The molecule has 10 heteroatoms. The summed E-state index contributed by atoms with van der Waals surface area (Å²) in [6.07, 6.45) is 2.26. The maximum absolute atomic E-state index is 13.1. The number of carboxylic acid groups (broad SMARTS) is 1. The zero-order valence-electron chi connectivity index (χ0n) is 21.5. The van der Waals surface area contributed by atoms with E-state index in [1.807, 2.05) is 36.4 Å². The zero-order chi connectivity index (χ0) is 27.4. The van der Waals surface area contributed by atoms with Crippen LogP contribution in [0.4, 0.5) is 15.3 Å². The van der Waals surface area contributed by atoms with E-state index in [2.05, 4.69) is 10.4 Å². The summed E-state index contributed by atoms with van der Waals surface area (Å²) < 4.78 is 5.33. The van der Waals surface area contributed by atoms with E-state index in [0.717, 1.165) is 26.1 Å². The molecule has 3 aromatic rings. The molecule has 2 N–H and O–H groups in total. The van der Waals surface area contributed by atoms with Crippen LogP contribution in [0.25, 0.3) is 5.70 Å². The van der Waals surface area contributed by atoms with Gasteiger partial charge in [-0.05, 0) is 63.2 Å². The van der Waals surface area contributed by atoms with Gasteiger partial charge in [-0.2, -0.15) is 5.01 Å². The number of ether oxygens (including phenoxy) is 1. The van der Waals surface area contributed by atoms with Gasteiger partial charge in [0.1, 0.15) is 5.60 Å². The third-order valence-electron chi connectivity index (χ3n) is 5.48. The fourth-order valence-electron chi connectivity index (χ4n) is 3.71. The summed E-state index contributed by atoms with van der Waals surface area (Å²) in [4.78, 5) is 44.1. The minimum atomic E-state index is -1.15. The molecule has 0 bridgehead atoms. The monoisotopic (exact) mass is 532 g/mol. The number of anilines is 1. The van der Waals surface area contributed by atoms with Crippen molar-refractivity contribution in [3.63, 3.8) is 0 Å². The number of amides is 3. The van der Waals surface area contributed by atoms with E-state index in [1.54, 1.807) is 57.3 Å². The molecule has 4 rings (SSSR count). The van der Waals surface area contributed by atoms with Gasteiger partial charge < -0.3 is 9.84 Å². The Bertz CT molecular complexity index is 1400. The molecule has 0 atom stereocenters. The number of hydrazine groups is 1. The molecule has 9 nitrogen and oxygen atoms in total. The van der Waals surface area contributed by atoms with Gasteiger partial charge in [-0.3, -0.25) is 15.2 Å². The van der Waals surface area contributed by atoms with Crippen molar-refractivity contribution < 1.29 is 24.2 Å². The Hall–Kier alpha value is -4.31. The maximum Gasteiger partial charge on any atom is 0.430 e. The number of carbonyl (C=O) groups is 3. The number of hydrogen-bond donors (Lipinski definition) is 2. The average molecular weight is 533 g/mol. The fourth-order valence-corrected chi connectivity index (χ4v) is 4.69. The van der Waals surface area contributed by atoms with Gasteiger partial charge in [0.15, 0.2) is 0 Å². The Morgan fingerprint density at radius 2 is 1.84 bits per heavy atom. The highest BCUT2D eigenvalue weighted by Gasteiger charge is 2.29. The number of nitrogens with zero attached hydrogens (tertiary/aromatic N) is 3. The number of imide groups is 1. The largest absolute Gasteiger partial charge is 0.463 e. The van der Waals surface area contributed by atoms with Crippen molar-refractivity contribution >= 4 is 41.2 Å². The number of fused-ring (bicyclic) bond motifs is 1. The van der Waals surface area contributed by atoms with Gasteiger partial charge in [0.2, 0.25) is 0 Å². The van der Waals surface area contributed by atoms with Crippen molar-refractivity contribution in [2.24, 2.45) is 0 Å². The highest BCUT2D eigenvalue weighted by atomic mass is 32.2. The minimum Gasteiger partial charge on any atom is -0.463 e. The van der Waals surface area contributed by atoms with Gasteiger partial charge in [0.05, 0.1) is 16.9 Å². The van der Waals surface area contributed by atoms with Crippen molar-refractivity contribution in [2.75, 3.05) is 12.1 Å². The molecule has 1 aliphatic heterocycles. The summed E-state index contributed by atoms with van der Waals surface area (Å²) in [6.45, 7) is 5.19. The summed E-state index contributed by atoms with van der Waals surface area (Å²) in [5, 5.41) is 10.8. The summed E-state index contributed by atoms with van der Waals surface area (Å²) >= 11 is 1.30. The van der Waals surface area contributed by atoms with Crippen LogP contribution in [0.2, 0.25) is 0 Å². The van der Waals surface area contributed by atoms with Crippen LogP contribution in [0.1, 0.15) is 42.4 Å². The molecular weight excluding hydrogens is 504 g/mol. The Morgan fingerprint density at radius 3 is 2.53 bits per heavy atom. The fraction of sp³-hybridized carbons (Fsp3) is 0.214. The number of benzene rings is 2. The van der Waals surface area contributed by atoms with Crippen molar-refractivity contribution in [3.8, 4) is 0 Å². The molecule has 0 fully saturated rings. The molecule has 1 aliphatic rings. The third-order valence-corrected chi connectivity index (χ3v) is 6.55. The molecule has 2 aromatic carbocycles. The summed E-state index contributed by atoms with van der Waals surface area (Å²) in [5.74, 6) is -0.503. The maximum atomic E-state index is 13.1. The lowest BCUT2D eigenvalue weighted by molar-refractivity contribution is 0.0283. The number of rotatable bonds is 5. The highest BCUT2D eigenvalue weighted by Crippen LogP contribution is 2.39. The highest BCUT2D eigenvalue weighted by molar-refractivity contribution is 7.99. The van der Waals surface area contributed by atoms with Crippen LogP contribution in [0, 0.1) is 0 Å². The first-order valence-corrected chi connectivity index (χ1v) is 12.7. The summed E-state index contributed by atoms with van der Waals surface area (Å²) in [5.41, 5.74) is 5.27. The Labute approximate surface area is 225 Å². The van der Waals surface area contributed by atoms with E-state index in [-0.39, 0.29) is 0 Å². The van der Waals surface area contributed by atoms with Gasteiger partial charge >= 0.3 is 12.2 Å². The van der Waals surface area contributed by atoms with Crippen LogP contribution in [-0.4, -0.2) is 45.7 Å².